The van der Waals surface area contributed by atoms with Crippen molar-refractivity contribution in [3.8, 4) is 22.5 Å². The molecule has 8 heteroatoms. The average molecular weight is 445 g/mol. The Morgan fingerprint density at radius 1 is 0.970 bits per heavy atom. The first-order valence-electron chi connectivity index (χ1n) is 10.2. The zero-order chi connectivity index (χ0) is 22.9. The van der Waals surface area contributed by atoms with Gasteiger partial charge in [-0.3, -0.25) is 15.0 Å². The molecule has 8 N–H and O–H groups in total. The molecule has 8 nitrogen and oxygen atoms in total. The molecule has 1 saturated carbocycles. The molecule has 1 aromatic heterocycles. The second kappa shape index (κ2) is 9.22. The van der Waals surface area contributed by atoms with Gasteiger partial charge < -0.3 is 22.2 Å². The van der Waals surface area contributed by atoms with E-state index in [1.165, 1.54) is 0 Å². The SMILES string of the molecule is C.N=C(/C=C(/C(N)=O)c1nc(-c2ccccc2)c(-c2ccc(C3(N)CCC3)cc2)[nH]1)C(N)=O. The van der Waals surface area contributed by atoms with Gasteiger partial charge in [-0.2, -0.15) is 0 Å². The van der Waals surface area contributed by atoms with Crippen LogP contribution in [0.3, 0.4) is 0 Å². The highest BCUT2D eigenvalue weighted by Crippen LogP contribution is 2.40. The van der Waals surface area contributed by atoms with Crippen molar-refractivity contribution in [2.24, 2.45) is 17.2 Å². The molecule has 1 fully saturated rings. The number of amides is 2. The molecular weight excluding hydrogens is 416 g/mol. The molecule has 0 bridgehead atoms. The molecule has 1 aliphatic rings. The number of carbonyl (C=O) groups is 2. The zero-order valence-corrected chi connectivity index (χ0v) is 17.4. The summed E-state index contributed by atoms with van der Waals surface area (Å²) >= 11 is 0. The van der Waals surface area contributed by atoms with Crippen molar-refractivity contribution in [1.29, 1.82) is 5.41 Å². The van der Waals surface area contributed by atoms with Crippen LogP contribution in [-0.4, -0.2) is 27.5 Å². The number of aromatic amines is 1. The van der Waals surface area contributed by atoms with Gasteiger partial charge in [0.25, 0.3) is 11.8 Å². The van der Waals surface area contributed by atoms with E-state index < -0.39 is 17.5 Å². The molecule has 170 valence electrons. The highest BCUT2D eigenvalue weighted by Gasteiger charge is 2.34. The first-order chi connectivity index (χ1) is 15.3. The van der Waals surface area contributed by atoms with Gasteiger partial charge in [-0.05, 0) is 30.9 Å². The van der Waals surface area contributed by atoms with Gasteiger partial charge in [-0.15, -0.1) is 0 Å². The Hall–Kier alpha value is -4.04. The number of primary amides is 2. The fourth-order valence-corrected chi connectivity index (χ4v) is 3.80. The number of nitrogens with one attached hydrogen (secondary N) is 2. The molecular formula is C25H28N6O2. The predicted octanol–water partition coefficient (Wildman–Crippen LogP) is 3.09. The maximum Gasteiger partial charge on any atom is 0.266 e. The Bertz CT molecular complexity index is 1220. The van der Waals surface area contributed by atoms with Crippen molar-refractivity contribution in [3.63, 3.8) is 0 Å². The molecule has 3 aromatic rings. The average Bonchev–Trinajstić information content (AvgIpc) is 3.21. The number of nitrogens with two attached hydrogens (primary N) is 3. The fraction of sp³-hybridized carbons (Fsp3) is 0.200. The lowest BCUT2D eigenvalue weighted by Crippen LogP contribution is -2.43. The predicted molar refractivity (Wildman–Crippen MR) is 130 cm³/mol. The van der Waals surface area contributed by atoms with Crippen LogP contribution in [0, 0.1) is 5.41 Å². The van der Waals surface area contributed by atoms with E-state index in [1.807, 2.05) is 54.6 Å². The topological polar surface area (TPSA) is 165 Å². The quantitative estimate of drug-likeness (QED) is 0.279. The lowest BCUT2D eigenvalue weighted by atomic mass is 9.72. The first-order valence-corrected chi connectivity index (χ1v) is 10.2. The Labute approximate surface area is 192 Å². The number of benzene rings is 2. The van der Waals surface area contributed by atoms with Crippen molar-refractivity contribution in [2.45, 2.75) is 32.2 Å². The summed E-state index contributed by atoms with van der Waals surface area (Å²) in [6, 6.07) is 17.4. The molecule has 0 unspecified atom stereocenters. The summed E-state index contributed by atoms with van der Waals surface area (Å²) in [5.74, 6) is -1.65. The highest BCUT2D eigenvalue weighted by molar-refractivity contribution is 6.44. The summed E-state index contributed by atoms with van der Waals surface area (Å²) in [5.41, 5.74) is 20.2. The number of hydrogen-bond acceptors (Lipinski definition) is 5. The first kappa shape index (κ1) is 23.6. The highest BCUT2D eigenvalue weighted by atomic mass is 16.1. The summed E-state index contributed by atoms with van der Waals surface area (Å²) in [7, 11) is 0. The molecule has 2 aromatic carbocycles. The van der Waals surface area contributed by atoms with Crippen LogP contribution in [0.2, 0.25) is 0 Å². The van der Waals surface area contributed by atoms with E-state index in [0.717, 1.165) is 42.0 Å². The molecule has 1 aliphatic carbocycles. The van der Waals surface area contributed by atoms with E-state index in [0.29, 0.717) is 11.4 Å². The van der Waals surface area contributed by atoms with Crippen molar-refractivity contribution >= 4 is 23.1 Å². The van der Waals surface area contributed by atoms with E-state index in [9.17, 15) is 9.59 Å². The standard InChI is InChI=1S/C24H24N6O2.CH4/c25-18(22(27)32)13-17(21(26)31)23-29-19(14-5-2-1-3-6-14)20(30-23)15-7-9-16(10-8-15)24(28)11-4-12-24;/h1-3,5-10,13,25H,4,11-12,28H2,(H2,26,31)(H2,27,32)(H,29,30);1H4/b17-13-,25-18?;. The van der Waals surface area contributed by atoms with Gasteiger partial charge in [-0.25, -0.2) is 4.98 Å². The lowest BCUT2D eigenvalue weighted by molar-refractivity contribution is -0.113. The summed E-state index contributed by atoms with van der Waals surface area (Å²) in [4.78, 5) is 31.1. The molecule has 4 rings (SSSR count). The number of nitrogens with zero attached hydrogens (tertiary/aromatic N) is 1. The Balaban J connectivity index is 0.00000306. The summed E-state index contributed by atoms with van der Waals surface area (Å²) in [6.45, 7) is 0. The second-order valence-electron chi connectivity index (χ2n) is 7.96. The van der Waals surface area contributed by atoms with Crippen LogP contribution in [0.15, 0.2) is 60.7 Å². The van der Waals surface area contributed by atoms with Gasteiger partial charge in [0.15, 0.2) is 0 Å². The van der Waals surface area contributed by atoms with Gasteiger partial charge >= 0.3 is 0 Å². The van der Waals surface area contributed by atoms with Crippen molar-refractivity contribution in [2.75, 3.05) is 0 Å². The monoisotopic (exact) mass is 444 g/mol. The van der Waals surface area contributed by atoms with Gasteiger partial charge in [0.1, 0.15) is 11.5 Å². The summed E-state index contributed by atoms with van der Waals surface area (Å²) in [6.07, 6.45) is 4.09. The molecule has 0 spiro atoms. The zero-order valence-electron chi connectivity index (χ0n) is 17.4. The summed E-state index contributed by atoms with van der Waals surface area (Å²) in [5, 5.41) is 7.70. The van der Waals surface area contributed by atoms with Crippen LogP contribution in [0.4, 0.5) is 0 Å². The number of rotatable bonds is 7. The van der Waals surface area contributed by atoms with E-state index in [-0.39, 0.29) is 24.4 Å². The van der Waals surface area contributed by atoms with Crippen molar-refractivity contribution in [3.05, 3.63) is 72.1 Å². The molecule has 1 heterocycles. The molecule has 0 saturated heterocycles. The maximum atomic E-state index is 12.1. The Morgan fingerprint density at radius 2 is 1.61 bits per heavy atom. The van der Waals surface area contributed by atoms with Crippen molar-refractivity contribution in [1.82, 2.24) is 9.97 Å². The van der Waals surface area contributed by atoms with Gasteiger partial charge in [0, 0.05) is 16.7 Å². The van der Waals surface area contributed by atoms with E-state index >= 15 is 0 Å². The molecule has 2 amide bonds. The van der Waals surface area contributed by atoms with Crippen LogP contribution in [0.25, 0.3) is 28.1 Å². The van der Waals surface area contributed by atoms with Crippen LogP contribution in [-0.2, 0) is 15.1 Å². The minimum atomic E-state index is -0.971. The molecule has 0 aliphatic heterocycles. The van der Waals surface area contributed by atoms with Gasteiger partial charge in [0.05, 0.1) is 17.0 Å². The second-order valence-corrected chi connectivity index (χ2v) is 7.96. The van der Waals surface area contributed by atoms with Crippen LogP contribution in [0.1, 0.15) is 38.1 Å². The number of carbonyl (C=O) groups excluding carboxylic acids is 2. The van der Waals surface area contributed by atoms with Gasteiger partial charge in [-0.1, -0.05) is 62.0 Å². The van der Waals surface area contributed by atoms with Gasteiger partial charge in [0.2, 0.25) is 0 Å². The number of hydrogen-bond donors (Lipinski definition) is 5. The normalized spacial score (nSPS) is 14.6. The largest absolute Gasteiger partial charge is 0.365 e. The maximum absolute atomic E-state index is 12.1. The third kappa shape index (κ3) is 4.61. The van der Waals surface area contributed by atoms with E-state index in [1.54, 1.807) is 0 Å². The minimum Gasteiger partial charge on any atom is -0.365 e. The lowest BCUT2D eigenvalue weighted by Gasteiger charge is -2.38. The number of H-pyrrole nitrogens is 1. The van der Waals surface area contributed by atoms with E-state index in [2.05, 4.69) is 9.97 Å². The van der Waals surface area contributed by atoms with E-state index in [4.69, 9.17) is 22.6 Å². The third-order valence-corrected chi connectivity index (χ3v) is 5.82. The van der Waals surface area contributed by atoms with Crippen molar-refractivity contribution < 1.29 is 9.59 Å². The molecule has 33 heavy (non-hydrogen) atoms. The van der Waals surface area contributed by atoms with Crippen LogP contribution in [0.5, 0.6) is 0 Å². The summed E-state index contributed by atoms with van der Waals surface area (Å²) < 4.78 is 0. The fourth-order valence-electron chi connectivity index (χ4n) is 3.80. The Kier molecular flexibility index (Phi) is 6.60. The smallest absolute Gasteiger partial charge is 0.266 e. The van der Waals surface area contributed by atoms with Crippen LogP contribution >= 0.6 is 0 Å². The van der Waals surface area contributed by atoms with Crippen LogP contribution < -0.4 is 17.2 Å². The number of imidazole rings is 1. The molecule has 0 radical (unpaired) electrons. The third-order valence-electron chi connectivity index (χ3n) is 5.82. The number of aromatic nitrogens is 2. The minimum absolute atomic E-state index is 0. The Morgan fingerprint density at radius 3 is 2.12 bits per heavy atom. The molecule has 0 atom stereocenters.